The first-order chi connectivity index (χ1) is 13.0. The molecule has 3 rings (SSSR count). The van der Waals surface area contributed by atoms with Gasteiger partial charge in [0, 0.05) is 12.1 Å². The number of ether oxygens (including phenoxy) is 3. The second kappa shape index (κ2) is 7.63. The summed E-state index contributed by atoms with van der Waals surface area (Å²) in [6, 6.07) is 9.06. The van der Waals surface area contributed by atoms with Crippen molar-refractivity contribution < 1.29 is 23.9 Å². The van der Waals surface area contributed by atoms with Crippen molar-refractivity contribution in [2.75, 3.05) is 21.3 Å². The third kappa shape index (κ3) is 3.56. The molecule has 0 fully saturated rings. The second-order valence-corrected chi connectivity index (χ2v) is 6.13. The number of fused-ring (bicyclic) bond motifs is 1. The van der Waals surface area contributed by atoms with E-state index in [0.717, 1.165) is 16.7 Å². The molecule has 142 valence electrons. The van der Waals surface area contributed by atoms with Gasteiger partial charge in [-0.15, -0.1) is 0 Å². The van der Waals surface area contributed by atoms with E-state index < -0.39 is 11.0 Å². The van der Waals surface area contributed by atoms with Gasteiger partial charge in [-0.2, -0.15) is 0 Å². The average Bonchev–Trinajstić information content (AvgIpc) is 2.71. The quantitative estimate of drug-likeness (QED) is 0.489. The molecule has 0 unspecified atom stereocenters. The molecule has 2 atom stereocenters. The van der Waals surface area contributed by atoms with Gasteiger partial charge in [0.25, 0.3) is 5.69 Å². The van der Waals surface area contributed by atoms with Gasteiger partial charge >= 0.3 is 5.97 Å². The topological polar surface area (TPSA) is 99.9 Å². The third-order valence-corrected chi connectivity index (χ3v) is 4.67. The number of hydrogen-bond acceptors (Lipinski definition) is 7. The van der Waals surface area contributed by atoms with E-state index in [2.05, 4.69) is 5.32 Å². The molecule has 1 N–H and O–H groups in total. The van der Waals surface area contributed by atoms with Crippen molar-refractivity contribution in [1.82, 2.24) is 5.32 Å². The number of non-ortho nitro benzene ring substituents is 1. The maximum atomic E-state index is 12.1. The summed E-state index contributed by atoms with van der Waals surface area (Å²) in [4.78, 5) is 22.6. The Morgan fingerprint density at radius 2 is 1.74 bits per heavy atom. The van der Waals surface area contributed by atoms with Crippen molar-refractivity contribution in [3.8, 4) is 11.5 Å². The molecule has 2 aromatic rings. The van der Waals surface area contributed by atoms with Crippen molar-refractivity contribution in [3.05, 3.63) is 63.2 Å². The first-order valence-electron chi connectivity index (χ1n) is 8.31. The van der Waals surface area contributed by atoms with Crippen LogP contribution in [-0.2, 0) is 16.0 Å². The van der Waals surface area contributed by atoms with Crippen LogP contribution in [0.1, 0.15) is 22.7 Å². The fourth-order valence-corrected chi connectivity index (χ4v) is 3.31. The summed E-state index contributed by atoms with van der Waals surface area (Å²) >= 11 is 0. The molecule has 0 saturated carbocycles. The zero-order chi connectivity index (χ0) is 19.6. The number of carbonyl (C=O) groups is 1. The standard InChI is InChI=1S/C19H20N2O6/c1-25-16-9-12-8-15(19(22)27-3)20-18(14(12)10-17(16)26-2)11-4-6-13(7-5-11)21(23)24/h4-7,9-10,15,18,20H,8H2,1-3H3/t15-,18+/m0/s1. The van der Waals surface area contributed by atoms with Crippen LogP contribution < -0.4 is 14.8 Å². The Morgan fingerprint density at radius 3 is 2.30 bits per heavy atom. The number of rotatable bonds is 5. The zero-order valence-electron chi connectivity index (χ0n) is 15.2. The van der Waals surface area contributed by atoms with Crippen molar-refractivity contribution in [1.29, 1.82) is 0 Å². The van der Waals surface area contributed by atoms with Gasteiger partial charge in [0.2, 0.25) is 0 Å². The van der Waals surface area contributed by atoms with Crippen LogP contribution in [0.3, 0.4) is 0 Å². The molecular formula is C19H20N2O6. The number of nitrogens with one attached hydrogen (secondary N) is 1. The van der Waals surface area contributed by atoms with Gasteiger partial charge in [-0.1, -0.05) is 12.1 Å². The fraction of sp³-hybridized carbons (Fsp3) is 0.316. The normalized spacial score (nSPS) is 18.3. The van der Waals surface area contributed by atoms with Crippen LogP contribution in [0, 0.1) is 10.1 Å². The highest BCUT2D eigenvalue weighted by atomic mass is 16.6. The number of nitrogens with zero attached hydrogens (tertiary/aromatic N) is 1. The van der Waals surface area contributed by atoms with Crippen LogP contribution in [0.25, 0.3) is 0 Å². The number of benzene rings is 2. The molecule has 1 aliphatic heterocycles. The van der Waals surface area contributed by atoms with Gasteiger partial charge in [-0.3, -0.25) is 20.2 Å². The third-order valence-electron chi connectivity index (χ3n) is 4.67. The molecule has 0 radical (unpaired) electrons. The monoisotopic (exact) mass is 372 g/mol. The van der Waals surface area contributed by atoms with E-state index in [1.54, 1.807) is 26.4 Å². The minimum Gasteiger partial charge on any atom is -0.493 e. The summed E-state index contributed by atoms with van der Waals surface area (Å²) in [6.07, 6.45) is 0.436. The number of carbonyl (C=O) groups excluding carboxylic acids is 1. The minimum atomic E-state index is -0.541. The van der Waals surface area contributed by atoms with E-state index in [9.17, 15) is 14.9 Å². The van der Waals surface area contributed by atoms with Crippen molar-refractivity contribution in [3.63, 3.8) is 0 Å². The molecule has 0 amide bonds. The summed E-state index contributed by atoms with van der Waals surface area (Å²) in [7, 11) is 4.45. The molecule has 1 aliphatic rings. The Kier molecular flexibility index (Phi) is 5.27. The fourth-order valence-electron chi connectivity index (χ4n) is 3.31. The first-order valence-corrected chi connectivity index (χ1v) is 8.31. The Balaban J connectivity index is 2.09. The number of esters is 1. The molecule has 27 heavy (non-hydrogen) atoms. The number of hydrogen-bond donors (Lipinski definition) is 1. The van der Waals surface area contributed by atoms with Crippen LogP contribution in [0.4, 0.5) is 5.69 Å². The van der Waals surface area contributed by atoms with Crippen LogP contribution in [0.15, 0.2) is 36.4 Å². The Morgan fingerprint density at radius 1 is 1.11 bits per heavy atom. The zero-order valence-corrected chi connectivity index (χ0v) is 15.2. The molecule has 2 aromatic carbocycles. The lowest BCUT2D eigenvalue weighted by atomic mass is 9.86. The lowest BCUT2D eigenvalue weighted by Crippen LogP contribution is -2.45. The van der Waals surface area contributed by atoms with Crippen LogP contribution in [0.2, 0.25) is 0 Å². The highest BCUT2D eigenvalue weighted by Gasteiger charge is 2.33. The van der Waals surface area contributed by atoms with Crippen molar-refractivity contribution in [2.45, 2.75) is 18.5 Å². The summed E-state index contributed by atoms with van der Waals surface area (Å²) in [5.41, 5.74) is 2.64. The van der Waals surface area contributed by atoms with Gasteiger partial charge in [-0.25, -0.2) is 0 Å². The predicted molar refractivity (Wildman–Crippen MR) is 97.1 cm³/mol. The SMILES string of the molecule is COC(=O)[C@@H]1Cc2cc(OC)c(OC)cc2[C@@H](c2ccc([N+](=O)[O-])cc2)N1. The molecule has 0 bridgehead atoms. The number of nitro groups is 1. The van der Waals surface area contributed by atoms with E-state index in [0.29, 0.717) is 17.9 Å². The van der Waals surface area contributed by atoms with Gasteiger partial charge in [-0.05, 0) is 35.2 Å². The lowest BCUT2D eigenvalue weighted by Gasteiger charge is -2.33. The summed E-state index contributed by atoms with van der Waals surface area (Å²) in [5.74, 6) is 0.771. The highest BCUT2D eigenvalue weighted by Crippen LogP contribution is 2.38. The van der Waals surface area contributed by atoms with Gasteiger partial charge < -0.3 is 14.2 Å². The molecular weight excluding hydrogens is 352 g/mol. The van der Waals surface area contributed by atoms with Crippen molar-refractivity contribution in [2.24, 2.45) is 0 Å². The number of methoxy groups -OCH3 is 3. The lowest BCUT2D eigenvalue weighted by molar-refractivity contribution is -0.384. The van der Waals surface area contributed by atoms with Crippen LogP contribution in [-0.4, -0.2) is 38.3 Å². The van der Waals surface area contributed by atoms with E-state index >= 15 is 0 Å². The Labute approximate surface area is 156 Å². The van der Waals surface area contributed by atoms with Crippen molar-refractivity contribution >= 4 is 11.7 Å². The molecule has 8 heteroatoms. The highest BCUT2D eigenvalue weighted by molar-refractivity contribution is 5.77. The summed E-state index contributed by atoms with van der Waals surface area (Å²) in [5, 5.41) is 14.2. The summed E-state index contributed by atoms with van der Waals surface area (Å²) in [6.45, 7) is 0. The molecule has 0 aromatic heterocycles. The largest absolute Gasteiger partial charge is 0.493 e. The first kappa shape index (κ1) is 18.7. The van der Waals surface area contributed by atoms with E-state index in [4.69, 9.17) is 14.2 Å². The smallest absolute Gasteiger partial charge is 0.323 e. The minimum absolute atomic E-state index is 0.00612. The molecule has 8 nitrogen and oxygen atoms in total. The predicted octanol–water partition coefficient (Wildman–Crippen LogP) is 2.39. The Hall–Kier alpha value is -3.13. The van der Waals surface area contributed by atoms with Crippen LogP contribution in [0.5, 0.6) is 11.5 Å². The average molecular weight is 372 g/mol. The van der Waals surface area contributed by atoms with Gasteiger partial charge in [0.1, 0.15) is 6.04 Å². The molecule has 0 aliphatic carbocycles. The Bertz CT molecular complexity index is 865. The van der Waals surface area contributed by atoms with Gasteiger partial charge in [0.15, 0.2) is 11.5 Å². The van der Waals surface area contributed by atoms with E-state index in [1.807, 2.05) is 12.1 Å². The van der Waals surface area contributed by atoms with E-state index in [1.165, 1.54) is 19.2 Å². The maximum absolute atomic E-state index is 12.1. The number of nitro benzene ring substituents is 1. The molecule has 0 saturated heterocycles. The molecule has 1 heterocycles. The van der Waals surface area contributed by atoms with Crippen LogP contribution >= 0.6 is 0 Å². The van der Waals surface area contributed by atoms with E-state index in [-0.39, 0.29) is 17.7 Å². The second-order valence-electron chi connectivity index (χ2n) is 6.13. The summed E-state index contributed by atoms with van der Waals surface area (Å²) < 4.78 is 15.7. The maximum Gasteiger partial charge on any atom is 0.323 e. The molecule has 0 spiro atoms. The van der Waals surface area contributed by atoms with Gasteiger partial charge in [0.05, 0.1) is 32.3 Å².